The third-order valence-electron chi connectivity index (χ3n) is 2.57. The van der Waals surface area contributed by atoms with Crippen LogP contribution in [0.3, 0.4) is 0 Å². The fourth-order valence-electron chi connectivity index (χ4n) is 1.33. The molecule has 0 spiro atoms. The van der Waals surface area contributed by atoms with Crippen molar-refractivity contribution in [2.75, 3.05) is 7.11 Å². The van der Waals surface area contributed by atoms with Crippen molar-refractivity contribution in [3.8, 4) is 5.75 Å². The van der Waals surface area contributed by atoms with E-state index >= 15 is 0 Å². The van der Waals surface area contributed by atoms with Gasteiger partial charge >= 0.3 is 0 Å². The molecule has 1 aromatic rings. The van der Waals surface area contributed by atoms with E-state index in [2.05, 4.69) is 26.0 Å². The predicted molar refractivity (Wildman–Crippen MR) is 59.6 cm³/mol. The van der Waals surface area contributed by atoms with Gasteiger partial charge in [-0.1, -0.05) is 19.1 Å². The minimum absolute atomic E-state index is 0.103. The molecule has 14 heavy (non-hydrogen) atoms. The lowest BCUT2D eigenvalue weighted by molar-refractivity contribution is 0.413. The number of ether oxygens (including phenoxy) is 1. The van der Waals surface area contributed by atoms with E-state index in [9.17, 15) is 0 Å². The van der Waals surface area contributed by atoms with Crippen LogP contribution in [-0.2, 0) is 6.42 Å². The summed E-state index contributed by atoms with van der Waals surface area (Å²) in [4.78, 5) is 0. The second kappa shape index (κ2) is 4.47. The first-order chi connectivity index (χ1) is 6.57. The predicted octanol–water partition coefficient (Wildman–Crippen LogP) is 2.37. The van der Waals surface area contributed by atoms with Crippen molar-refractivity contribution in [2.45, 2.75) is 32.2 Å². The summed E-state index contributed by atoms with van der Waals surface area (Å²) < 4.78 is 5.09. The Morgan fingerprint density at radius 2 is 1.86 bits per heavy atom. The van der Waals surface area contributed by atoms with Crippen LogP contribution in [0.5, 0.6) is 5.75 Å². The first kappa shape index (κ1) is 11.1. The van der Waals surface area contributed by atoms with Crippen molar-refractivity contribution in [3.05, 3.63) is 29.8 Å². The Bertz CT molecular complexity index is 277. The van der Waals surface area contributed by atoms with Gasteiger partial charge < -0.3 is 10.5 Å². The zero-order chi connectivity index (χ0) is 10.6. The molecule has 0 aliphatic rings. The third kappa shape index (κ3) is 3.04. The van der Waals surface area contributed by atoms with E-state index in [-0.39, 0.29) is 5.54 Å². The van der Waals surface area contributed by atoms with Crippen LogP contribution in [0.2, 0.25) is 0 Å². The molecule has 0 aliphatic heterocycles. The molecule has 0 fully saturated rings. The van der Waals surface area contributed by atoms with Crippen LogP contribution >= 0.6 is 0 Å². The summed E-state index contributed by atoms with van der Waals surface area (Å²) in [5.74, 6) is 0.893. The number of hydrogen-bond donors (Lipinski definition) is 1. The summed E-state index contributed by atoms with van der Waals surface area (Å²) >= 11 is 0. The summed E-state index contributed by atoms with van der Waals surface area (Å²) in [6, 6.07) is 8.08. The average Bonchev–Trinajstić information content (AvgIpc) is 2.19. The molecule has 1 atom stereocenters. The van der Waals surface area contributed by atoms with Gasteiger partial charge in [-0.3, -0.25) is 0 Å². The second-order valence-corrected chi connectivity index (χ2v) is 4.03. The molecule has 2 heteroatoms. The number of nitrogens with two attached hydrogens (primary N) is 1. The summed E-state index contributed by atoms with van der Waals surface area (Å²) in [5, 5.41) is 0. The van der Waals surface area contributed by atoms with Crippen LogP contribution in [0.1, 0.15) is 25.8 Å². The Labute approximate surface area is 86.1 Å². The first-order valence-electron chi connectivity index (χ1n) is 4.99. The van der Waals surface area contributed by atoms with E-state index in [0.717, 1.165) is 18.6 Å². The molecule has 0 radical (unpaired) electrons. The number of hydrogen-bond acceptors (Lipinski definition) is 2. The summed E-state index contributed by atoms with van der Waals surface area (Å²) in [6.07, 6.45) is 1.90. The monoisotopic (exact) mass is 193 g/mol. The molecule has 0 saturated heterocycles. The van der Waals surface area contributed by atoms with Gasteiger partial charge in [0.25, 0.3) is 0 Å². The standard InChI is InChI=1S/C12H19NO/c1-4-12(2,13)9-10-5-7-11(14-3)8-6-10/h5-8H,4,9,13H2,1-3H3. The van der Waals surface area contributed by atoms with Gasteiger partial charge in [0.15, 0.2) is 0 Å². The maximum absolute atomic E-state index is 6.09. The normalized spacial score (nSPS) is 14.9. The number of benzene rings is 1. The van der Waals surface area contributed by atoms with Gasteiger partial charge in [0.1, 0.15) is 5.75 Å². The molecule has 1 aromatic carbocycles. The smallest absolute Gasteiger partial charge is 0.118 e. The van der Waals surface area contributed by atoms with E-state index in [1.807, 2.05) is 12.1 Å². The minimum Gasteiger partial charge on any atom is -0.497 e. The van der Waals surface area contributed by atoms with Gasteiger partial charge in [0.2, 0.25) is 0 Å². The quantitative estimate of drug-likeness (QED) is 0.796. The lowest BCUT2D eigenvalue weighted by Crippen LogP contribution is -2.37. The van der Waals surface area contributed by atoms with Gasteiger partial charge in [-0.05, 0) is 37.5 Å². The highest BCUT2D eigenvalue weighted by atomic mass is 16.5. The molecule has 1 rings (SSSR count). The van der Waals surface area contributed by atoms with Crippen molar-refractivity contribution < 1.29 is 4.74 Å². The SMILES string of the molecule is CCC(C)(N)Cc1ccc(OC)cc1. The Kier molecular flexibility index (Phi) is 3.53. The third-order valence-corrected chi connectivity index (χ3v) is 2.57. The largest absolute Gasteiger partial charge is 0.497 e. The Morgan fingerprint density at radius 3 is 2.29 bits per heavy atom. The molecule has 0 aromatic heterocycles. The maximum atomic E-state index is 6.09. The van der Waals surface area contributed by atoms with Gasteiger partial charge in [-0.2, -0.15) is 0 Å². The van der Waals surface area contributed by atoms with E-state index < -0.39 is 0 Å². The highest BCUT2D eigenvalue weighted by Gasteiger charge is 2.15. The number of methoxy groups -OCH3 is 1. The van der Waals surface area contributed by atoms with Crippen molar-refractivity contribution in [3.63, 3.8) is 0 Å². The lowest BCUT2D eigenvalue weighted by atomic mass is 9.91. The summed E-state index contributed by atoms with van der Waals surface area (Å²) in [5.41, 5.74) is 7.25. The van der Waals surface area contributed by atoms with E-state index in [0.29, 0.717) is 0 Å². The summed E-state index contributed by atoms with van der Waals surface area (Å²) in [7, 11) is 1.67. The Morgan fingerprint density at radius 1 is 1.29 bits per heavy atom. The molecule has 1 unspecified atom stereocenters. The Balaban J connectivity index is 2.69. The Hall–Kier alpha value is -1.02. The van der Waals surface area contributed by atoms with Crippen LogP contribution in [0.15, 0.2) is 24.3 Å². The molecule has 2 N–H and O–H groups in total. The van der Waals surface area contributed by atoms with Crippen molar-refractivity contribution in [2.24, 2.45) is 5.73 Å². The molecule has 78 valence electrons. The zero-order valence-electron chi connectivity index (χ0n) is 9.21. The highest BCUT2D eigenvalue weighted by Crippen LogP contribution is 2.17. The average molecular weight is 193 g/mol. The topological polar surface area (TPSA) is 35.2 Å². The van der Waals surface area contributed by atoms with Crippen LogP contribution in [0, 0.1) is 0 Å². The molecular weight excluding hydrogens is 174 g/mol. The van der Waals surface area contributed by atoms with E-state index in [1.165, 1.54) is 5.56 Å². The van der Waals surface area contributed by atoms with Gasteiger partial charge in [0, 0.05) is 5.54 Å². The van der Waals surface area contributed by atoms with Gasteiger partial charge in [-0.15, -0.1) is 0 Å². The van der Waals surface area contributed by atoms with Crippen molar-refractivity contribution in [1.29, 1.82) is 0 Å². The first-order valence-corrected chi connectivity index (χ1v) is 4.99. The van der Waals surface area contributed by atoms with Gasteiger partial charge in [0.05, 0.1) is 7.11 Å². The van der Waals surface area contributed by atoms with E-state index in [4.69, 9.17) is 10.5 Å². The van der Waals surface area contributed by atoms with Crippen molar-refractivity contribution >= 4 is 0 Å². The molecule has 0 saturated carbocycles. The number of rotatable bonds is 4. The zero-order valence-corrected chi connectivity index (χ0v) is 9.21. The fourth-order valence-corrected chi connectivity index (χ4v) is 1.33. The summed E-state index contributed by atoms with van der Waals surface area (Å²) in [6.45, 7) is 4.20. The maximum Gasteiger partial charge on any atom is 0.118 e. The molecule has 2 nitrogen and oxygen atoms in total. The second-order valence-electron chi connectivity index (χ2n) is 4.03. The fraction of sp³-hybridized carbons (Fsp3) is 0.500. The van der Waals surface area contributed by atoms with Crippen LogP contribution in [0.4, 0.5) is 0 Å². The van der Waals surface area contributed by atoms with Crippen molar-refractivity contribution in [1.82, 2.24) is 0 Å². The minimum atomic E-state index is -0.103. The highest BCUT2D eigenvalue weighted by molar-refractivity contribution is 5.28. The van der Waals surface area contributed by atoms with E-state index in [1.54, 1.807) is 7.11 Å². The molecule has 0 bridgehead atoms. The van der Waals surface area contributed by atoms with Gasteiger partial charge in [-0.25, -0.2) is 0 Å². The molecular formula is C12H19NO. The van der Waals surface area contributed by atoms with Crippen LogP contribution in [-0.4, -0.2) is 12.6 Å². The lowest BCUT2D eigenvalue weighted by Gasteiger charge is -2.22. The molecule has 0 aliphatic carbocycles. The van der Waals surface area contributed by atoms with Crippen LogP contribution < -0.4 is 10.5 Å². The van der Waals surface area contributed by atoms with Crippen LogP contribution in [0.25, 0.3) is 0 Å². The molecule has 0 amide bonds. The molecule has 0 heterocycles.